The zero-order valence-electron chi connectivity index (χ0n) is 15.3. The molecule has 26 heavy (non-hydrogen) atoms. The molecule has 0 saturated carbocycles. The first-order valence-electron chi connectivity index (χ1n) is 9.19. The van der Waals surface area contributed by atoms with E-state index in [1.807, 2.05) is 23.6 Å². The highest BCUT2D eigenvalue weighted by Gasteiger charge is 2.44. The van der Waals surface area contributed by atoms with Crippen LogP contribution in [0.1, 0.15) is 43.5 Å². The average Bonchev–Trinajstić information content (AvgIpc) is 3.05. The van der Waals surface area contributed by atoms with Crippen LogP contribution in [0, 0.1) is 0 Å². The fourth-order valence-electron chi connectivity index (χ4n) is 3.39. The highest BCUT2D eigenvalue weighted by molar-refractivity contribution is 8.01. The van der Waals surface area contributed by atoms with Gasteiger partial charge in [-0.1, -0.05) is 24.6 Å². The predicted molar refractivity (Wildman–Crippen MR) is 107 cm³/mol. The van der Waals surface area contributed by atoms with Crippen molar-refractivity contribution in [3.63, 3.8) is 0 Å². The topological polar surface area (TPSA) is 61.4 Å². The molecule has 1 aromatic carbocycles. The van der Waals surface area contributed by atoms with Crippen LogP contribution in [0.2, 0.25) is 5.02 Å². The molecule has 7 heteroatoms. The molecule has 2 atom stereocenters. The third-order valence-corrected chi connectivity index (χ3v) is 7.02. The zero-order chi connectivity index (χ0) is 18.7. The van der Waals surface area contributed by atoms with Crippen LogP contribution in [0.25, 0.3) is 0 Å². The van der Waals surface area contributed by atoms with E-state index in [-0.39, 0.29) is 28.8 Å². The van der Waals surface area contributed by atoms with Gasteiger partial charge in [0.1, 0.15) is 0 Å². The van der Waals surface area contributed by atoms with Crippen LogP contribution in [0.3, 0.4) is 0 Å². The number of amides is 2. The maximum atomic E-state index is 12.7. The monoisotopic (exact) mass is 395 g/mol. The quantitative estimate of drug-likeness (QED) is 0.822. The van der Waals surface area contributed by atoms with Crippen molar-refractivity contribution >= 4 is 35.2 Å². The molecule has 2 N–H and O–H groups in total. The van der Waals surface area contributed by atoms with Crippen LogP contribution >= 0.6 is 23.4 Å². The number of rotatable bonds is 4. The van der Waals surface area contributed by atoms with Crippen LogP contribution in [0.15, 0.2) is 24.3 Å². The Labute approximate surface area is 164 Å². The van der Waals surface area contributed by atoms with Crippen LogP contribution in [-0.4, -0.2) is 52.5 Å². The molecule has 1 spiro atoms. The van der Waals surface area contributed by atoms with Crippen molar-refractivity contribution in [2.45, 2.75) is 50.1 Å². The molecule has 0 unspecified atom stereocenters. The second kappa shape index (κ2) is 8.19. The second-order valence-corrected chi connectivity index (χ2v) is 8.96. The van der Waals surface area contributed by atoms with Gasteiger partial charge < -0.3 is 10.2 Å². The summed E-state index contributed by atoms with van der Waals surface area (Å²) in [5.41, 5.74) is 0.631. The number of benzene rings is 1. The van der Waals surface area contributed by atoms with Crippen molar-refractivity contribution in [1.82, 2.24) is 15.5 Å². The molecule has 2 amide bonds. The number of nitrogens with one attached hydrogen (secondary N) is 2. The standard InChI is InChI=1S/C19H26ClN3O2S/c1-3-13(2)21-17(24)16-12-26-19(22-16)7-9-23(10-8-19)18(25)14-5-4-6-15(20)11-14/h4-6,11,13,16,22H,3,7-10,12H2,1-2H3,(H,21,24)/t13-,16+/m1/s1. The Morgan fingerprint density at radius 3 is 2.81 bits per heavy atom. The molecule has 2 saturated heterocycles. The lowest BCUT2D eigenvalue weighted by Gasteiger charge is -2.39. The van der Waals surface area contributed by atoms with Gasteiger partial charge in [0.2, 0.25) is 5.91 Å². The highest BCUT2D eigenvalue weighted by atomic mass is 35.5. The summed E-state index contributed by atoms with van der Waals surface area (Å²) in [6.45, 7) is 5.46. The molecule has 0 radical (unpaired) electrons. The van der Waals surface area contributed by atoms with E-state index in [9.17, 15) is 9.59 Å². The molecule has 142 valence electrons. The maximum Gasteiger partial charge on any atom is 0.253 e. The molecule has 2 heterocycles. The summed E-state index contributed by atoms with van der Waals surface area (Å²) in [4.78, 5) is 26.8. The number of hydrogen-bond donors (Lipinski definition) is 2. The minimum atomic E-state index is -0.149. The van der Waals surface area contributed by atoms with Crippen molar-refractivity contribution in [3.05, 3.63) is 34.9 Å². The Balaban J connectivity index is 1.55. The van der Waals surface area contributed by atoms with Gasteiger partial charge in [-0.3, -0.25) is 14.9 Å². The van der Waals surface area contributed by atoms with Crippen LogP contribution in [0.4, 0.5) is 0 Å². The Morgan fingerprint density at radius 1 is 1.42 bits per heavy atom. The summed E-state index contributed by atoms with van der Waals surface area (Å²) in [6.07, 6.45) is 2.62. The Kier molecular flexibility index (Phi) is 6.15. The normalized spacial score (nSPS) is 23.0. The second-order valence-electron chi connectivity index (χ2n) is 7.12. The first-order chi connectivity index (χ1) is 12.4. The van der Waals surface area contributed by atoms with Gasteiger partial charge in [0.25, 0.3) is 5.91 Å². The molecule has 3 rings (SSSR count). The molecule has 2 fully saturated rings. The molecule has 1 aromatic rings. The van der Waals surface area contributed by atoms with Gasteiger partial charge in [-0.05, 0) is 44.4 Å². The van der Waals surface area contributed by atoms with Crippen molar-refractivity contribution in [1.29, 1.82) is 0 Å². The van der Waals surface area contributed by atoms with E-state index in [1.54, 1.807) is 24.3 Å². The zero-order valence-corrected chi connectivity index (χ0v) is 16.8. The summed E-state index contributed by atoms with van der Waals surface area (Å²) < 4.78 is 0. The molecule has 0 bridgehead atoms. The third kappa shape index (κ3) is 4.35. The van der Waals surface area contributed by atoms with Crippen LogP contribution < -0.4 is 10.6 Å². The van der Waals surface area contributed by atoms with Crippen LogP contribution in [-0.2, 0) is 4.79 Å². The van der Waals surface area contributed by atoms with Crippen molar-refractivity contribution < 1.29 is 9.59 Å². The number of halogens is 1. The first kappa shape index (κ1) is 19.5. The van der Waals surface area contributed by atoms with E-state index < -0.39 is 0 Å². The largest absolute Gasteiger partial charge is 0.352 e. The summed E-state index contributed by atoms with van der Waals surface area (Å²) >= 11 is 7.81. The van der Waals surface area contributed by atoms with Gasteiger partial charge in [-0.15, -0.1) is 11.8 Å². The molecule has 0 aliphatic carbocycles. The molecule has 2 aliphatic heterocycles. The van der Waals surface area contributed by atoms with Gasteiger partial charge >= 0.3 is 0 Å². The third-order valence-electron chi connectivity index (χ3n) is 5.21. The summed E-state index contributed by atoms with van der Waals surface area (Å²) in [6, 6.07) is 7.14. The summed E-state index contributed by atoms with van der Waals surface area (Å²) in [7, 11) is 0. The lowest BCUT2D eigenvalue weighted by Crippen LogP contribution is -2.55. The van der Waals surface area contributed by atoms with E-state index >= 15 is 0 Å². The number of carbonyl (C=O) groups excluding carboxylic acids is 2. The van der Waals surface area contributed by atoms with E-state index in [1.165, 1.54) is 0 Å². The smallest absolute Gasteiger partial charge is 0.253 e. The molecule has 5 nitrogen and oxygen atoms in total. The average molecular weight is 396 g/mol. The van der Waals surface area contributed by atoms with Gasteiger partial charge in [0.05, 0.1) is 10.9 Å². The number of hydrogen-bond acceptors (Lipinski definition) is 4. The van der Waals surface area contributed by atoms with E-state index in [0.29, 0.717) is 23.7 Å². The number of nitrogens with zero attached hydrogens (tertiary/aromatic N) is 1. The van der Waals surface area contributed by atoms with Crippen molar-refractivity contribution in [2.24, 2.45) is 0 Å². The summed E-state index contributed by atoms with van der Waals surface area (Å²) in [5, 5.41) is 7.17. The van der Waals surface area contributed by atoms with Gasteiger partial charge in [-0.2, -0.15) is 0 Å². The van der Waals surface area contributed by atoms with E-state index in [2.05, 4.69) is 17.6 Å². The molecular formula is C19H26ClN3O2S. The highest BCUT2D eigenvalue weighted by Crippen LogP contribution is 2.39. The van der Waals surface area contributed by atoms with E-state index in [0.717, 1.165) is 25.0 Å². The number of carbonyl (C=O) groups is 2. The van der Waals surface area contributed by atoms with Gasteiger partial charge in [-0.25, -0.2) is 0 Å². The fraction of sp³-hybridized carbons (Fsp3) is 0.579. The first-order valence-corrected chi connectivity index (χ1v) is 10.6. The predicted octanol–water partition coefficient (Wildman–Crippen LogP) is 2.89. The van der Waals surface area contributed by atoms with Crippen molar-refractivity contribution in [2.75, 3.05) is 18.8 Å². The van der Waals surface area contributed by atoms with Crippen LogP contribution in [0.5, 0.6) is 0 Å². The number of likely N-dealkylation sites (tertiary alicyclic amines) is 1. The molecular weight excluding hydrogens is 370 g/mol. The lowest BCUT2D eigenvalue weighted by molar-refractivity contribution is -0.123. The maximum absolute atomic E-state index is 12.7. The lowest BCUT2D eigenvalue weighted by atomic mass is 10.0. The molecule has 0 aromatic heterocycles. The number of piperidine rings is 1. The van der Waals surface area contributed by atoms with Gasteiger partial charge in [0.15, 0.2) is 0 Å². The minimum absolute atomic E-state index is 0.0245. The fourth-order valence-corrected chi connectivity index (χ4v) is 5.00. The van der Waals surface area contributed by atoms with E-state index in [4.69, 9.17) is 11.6 Å². The number of thioether (sulfide) groups is 1. The SMILES string of the molecule is CC[C@@H](C)NC(=O)[C@@H]1CSC2(CCN(C(=O)c3cccc(Cl)c3)CC2)N1. The Bertz CT molecular complexity index is 677. The van der Waals surface area contributed by atoms with Gasteiger partial charge in [0, 0.05) is 35.5 Å². The Hall–Kier alpha value is -1.24. The summed E-state index contributed by atoms with van der Waals surface area (Å²) in [5.74, 6) is 0.891. The minimum Gasteiger partial charge on any atom is -0.352 e. The Morgan fingerprint density at radius 2 is 2.15 bits per heavy atom. The van der Waals surface area contributed by atoms with Crippen molar-refractivity contribution in [3.8, 4) is 0 Å². The molecule has 2 aliphatic rings.